The number of hydrogen-bond donors (Lipinski definition) is 1. The van der Waals surface area contributed by atoms with E-state index in [-0.39, 0.29) is 6.10 Å². The van der Waals surface area contributed by atoms with Crippen LogP contribution in [0.25, 0.3) is 11.3 Å². The quantitative estimate of drug-likeness (QED) is 0.882. The predicted octanol–water partition coefficient (Wildman–Crippen LogP) is 1.22. The van der Waals surface area contributed by atoms with E-state index in [0.717, 1.165) is 30.8 Å². The Morgan fingerprint density at radius 2 is 2.33 bits per heavy atom. The summed E-state index contributed by atoms with van der Waals surface area (Å²) in [6.45, 7) is 1.90. The number of pyridine rings is 1. The van der Waals surface area contributed by atoms with E-state index in [4.69, 9.17) is 4.74 Å². The summed E-state index contributed by atoms with van der Waals surface area (Å²) in [7, 11) is 1.92. The first-order valence-corrected chi connectivity index (χ1v) is 6.15. The van der Waals surface area contributed by atoms with Crippen molar-refractivity contribution in [3.05, 3.63) is 30.6 Å². The Labute approximate surface area is 106 Å². The summed E-state index contributed by atoms with van der Waals surface area (Å²) in [4.78, 5) is 4.35. The lowest BCUT2D eigenvalue weighted by atomic mass is 10.2. The Morgan fingerprint density at radius 3 is 3.06 bits per heavy atom. The normalized spacial score (nSPS) is 19.1. The molecule has 0 aromatic carbocycles. The topological polar surface area (TPSA) is 52.0 Å². The molecular formula is C13H16N4O. The van der Waals surface area contributed by atoms with Crippen molar-refractivity contribution in [3.63, 3.8) is 0 Å². The van der Waals surface area contributed by atoms with Gasteiger partial charge in [-0.25, -0.2) is 4.98 Å². The SMILES string of the molecule is Cn1nccc1-c1cccnc1OC1CCNC1. The molecule has 0 bridgehead atoms. The highest BCUT2D eigenvalue weighted by molar-refractivity contribution is 5.64. The number of nitrogens with zero attached hydrogens (tertiary/aromatic N) is 3. The third kappa shape index (κ3) is 2.09. The Bertz CT molecular complexity index is 531. The molecule has 0 saturated carbocycles. The van der Waals surface area contributed by atoms with Crippen LogP contribution in [0.3, 0.4) is 0 Å². The largest absolute Gasteiger partial charge is 0.472 e. The van der Waals surface area contributed by atoms with Crippen molar-refractivity contribution < 1.29 is 4.74 Å². The Balaban J connectivity index is 1.92. The van der Waals surface area contributed by atoms with Gasteiger partial charge in [0.15, 0.2) is 0 Å². The van der Waals surface area contributed by atoms with E-state index in [1.54, 1.807) is 12.4 Å². The van der Waals surface area contributed by atoms with Crippen LogP contribution in [-0.4, -0.2) is 34.0 Å². The highest BCUT2D eigenvalue weighted by Crippen LogP contribution is 2.28. The maximum Gasteiger partial charge on any atom is 0.223 e. The average molecular weight is 244 g/mol. The van der Waals surface area contributed by atoms with Crippen LogP contribution in [0.4, 0.5) is 0 Å². The van der Waals surface area contributed by atoms with Crippen molar-refractivity contribution in [3.8, 4) is 17.1 Å². The molecule has 5 nitrogen and oxygen atoms in total. The number of aromatic nitrogens is 3. The summed E-state index contributed by atoms with van der Waals surface area (Å²) in [6, 6.07) is 5.90. The van der Waals surface area contributed by atoms with Gasteiger partial charge in [-0.05, 0) is 31.2 Å². The minimum absolute atomic E-state index is 0.215. The summed E-state index contributed by atoms with van der Waals surface area (Å²) in [5.41, 5.74) is 2.01. The first-order chi connectivity index (χ1) is 8.84. The van der Waals surface area contributed by atoms with Gasteiger partial charge in [0.05, 0.1) is 11.3 Å². The molecule has 3 rings (SSSR count). The Morgan fingerprint density at radius 1 is 1.39 bits per heavy atom. The average Bonchev–Trinajstić information content (AvgIpc) is 3.02. The van der Waals surface area contributed by atoms with Crippen molar-refractivity contribution in [2.24, 2.45) is 7.05 Å². The molecule has 1 aliphatic heterocycles. The maximum atomic E-state index is 5.97. The minimum Gasteiger partial charge on any atom is -0.472 e. The van der Waals surface area contributed by atoms with Gasteiger partial charge >= 0.3 is 0 Å². The van der Waals surface area contributed by atoms with Crippen LogP contribution in [-0.2, 0) is 7.05 Å². The lowest BCUT2D eigenvalue weighted by Crippen LogP contribution is -2.20. The van der Waals surface area contributed by atoms with E-state index in [1.165, 1.54) is 0 Å². The van der Waals surface area contributed by atoms with E-state index < -0.39 is 0 Å². The summed E-state index contributed by atoms with van der Waals surface area (Å²) >= 11 is 0. The summed E-state index contributed by atoms with van der Waals surface area (Å²) in [6.07, 6.45) is 4.79. The van der Waals surface area contributed by atoms with Crippen LogP contribution in [0.2, 0.25) is 0 Å². The highest BCUT2D eigenvalue weighted by atomic mass is 16.5. The zero-order valence-corrected chi connectivity index (χ0v) is 10.3. The zero-order valence-electron chi connectivity index (χ0n) is 10.3. The van der Waals surface area contributed by atoms with Gasteiger partial charge in [0, 0.05) is 26.0 Å². The fourth-order valence-electron chi connectivity index (χ4n) is 2.20. The smallest absolute Gasteiger partial charge is 0.223 e. The molecule has 1 unspecified atom stereocenters. The number of aryl methyl sites for hydroxylation is 1. The van der Waals surface area contributed by atoms with Crippen LogP contribution in [0, 0.1) is 0 Å². The molecule has 94 valence electrons. The number of rotatable bonds is 3. The van der Waals surface area contributed by atoms with Crippen LogP contribution < -0.4 is 10.1 Å². The minimum atomic E-state index is 0.215. The second kappa shape index (κ2) is 4.78. The molecule has 1 saturated heterocycles. The monoisotopic (exact) mass is 244 g/mol. The predicted molar refractivity (Wildman–Crippen MR) is 68.3 cm³/mol. The molecule has 0 spiro atoms. The molecule has 0 radical (unpaired) electrons. The van der Waals surface area contributed by atoms with E-state index in [1.807, 2.05) is 29.9 Å². The summed E-state index contributed by atoms with van der Waals surface area (Å²) in [5.74, 6) is 0.690. The fourth-order valence-corrected chi connectivity index (χ4v) is 2.20. The Hall–Kier alpha value is -1.88. The molecule has 1 N–H and O–H groups in total. The second-order valence-corrected chi connectivity index (χ2v) is 4.43. The molecule has 2 aromatic heterocycles. The van der Waals surface area contributed by atoms with Gasteiger partial charge < -0.3 is 10.1 Å². The van der Waals surface area contributed by atoms with Gasteiger partial charge in [0.2, 0.25) is 5.88 Å². The number of nitrogens with one attached hydrogen (secondary N) is 1. The first kappa shape index (κ1) is 11.2. The summed E-state index contributed by atoms with van der Waals surface area (Å²) < 4.78 is 7.80. The van der Waals surface area contributed by atoms with Gasteiger partial charge in [-0.1, -0.05) is 0 Å². The third-order valence-corrected chi connectivity index (χ3v) is 3.16. The molecule has 5 heteroatoms. The lowest BCUT2D eigenvalue weighted by molar-refractivity contribution is 0.215. The molecule has 1 fully saturated rings. The molecule has 0 aliphatic carbocycles. The highest BCUT2D eigenvalue weighted by Gasteiger charge is 2.19. The van der Waals surface area contributed by atoms with Gasteiger partial charge in [-0.2, -0.15) is 5.10 Å². The molecule has 1 aliphatic rings. The van der Waals surface area contributed by atoms with Gasteiger partial charge in [0.25, 0.3) is 0 Å². The van der Waals surface area contributed by atoms with Crippen LogP contribution >= 0.6 is 0 Å². The van der Waals surface area contributed by atoms with Crippen molar-refractivity contribution in [2.75, 3.05) is 13.1 Å². The molecule has 18 heavy (non-hydrogen) atoms. The van der Waals surface area contributed by atoms with E-state index >= 15 is 0 Å². The van der Waals surface area contributed by atoms with Crippen LogP contribution in [0.5, 0.6) is 5.88 Å². The Kier molecular flexibility index (Phi) is 2.98. The van der Waals surface area contributed by atoms with Crippen molar-refractivity contribution in [1.82, 2.24) is 20.1 Å². The fraction of sp³-hybridized carbons (Fsp3) is 0.385. The zero-order chi connectivity index (χ0) is 12.4. The third-order valence-electron chi connectivity index (χ3n) is 3.16. The van der Waals surface area contributed by atoms with Gasteiger partial charge in [-0.3, -0.25) is 4.68 Å². The van der Waals surface area contributed by atoms with Crippen molar-refractivity contribution in [2.45, 2.75) is 12.5 Å². The van der Waals surface area contributed by atoms with E-state index in [2.05, 4.69) is 15.4 Å². The van der Waals surface area contributed by atoms with Crippen LogP contribution in [0.15, 0.2) is 30.6 Å². The molecule has 1 atom stereocenters. The molecule has 2 aromatic rings. The molecule has 0 amide bonds. The standard InChI is InChI=1S/C13H16N4O/c1-17-12(5-8-16-17)11-3-2-6-15-13(11)18-10-4-7-14-9-10/h2-3,5-6,8,10,14H,4,7,9H2,1H3. The second-order valence-electron chi connectivity index (χ2n) is 4.43. The lowest BCUT2D eigenvalue weighted by Gasteiger charge is -2.14. The van der Waals surface area contributed by atoms with E-state index in [9.17, 15) is 0 Å². The first-order valence-electron chi connectivity index (χ1n) is 6.15. The number of ether oxygens (including phenoxy) is 1. The van der Waals surface area contributed by atoms with Gasteiger partial charge in [0.1, 0.15) is 6.10 Å². The van der Waals surface area contributed by atoms with Crippen molar-refractivity contribution >= 4 is 0 Å². The molecule has 3 heterocycles. The van der Waals surface area contributed by atoms with E-state index in [0.29, 0.717) is 5.88 Å². The van der Waals surface area contributed by atoms with Crippen molar-refractivity contribution in [1.29, 1.82) is 0 Å². The molecular weight excluding hydrogens is 228 g/mol. The number of hydrogen-bond acceptors (Lipinski definition) is 4. The van der Waals surface area contributed by atoms with Gasteiger partial charge in [-0.15, -0.1) is 0 Å². The summed E-state index contributed by atoms with van der Waals surface area (Å²) in [5, 5.41) is 7.47. The maximum absolute atomic E-state index is 5.97. The van der Waals surface area contributed by atoms with Crippen LogP contribution in [0.1, 0.15) is 6.42 Å².